The Hall–Kier alpha value is -1.44. The van der Waals surface area contributed by atoms with Gasteiger partial charge in [0.1, 0.15) is 5.82 Å². The van der Waals surface area contributed by atoms with Crippen molar-refractivity contribution in [2.75, 3.05) is 0 Å². The van der Waals surface area contributed by atoms with Crippen LogP contribution in [-0.2, 0) is 6.42 Å². The Bertz CT molecular complexity index is 419. The Labute approximate surface area is 89.6 Å². The van der Waals surface area contributed by atoms with Crippen LogP contribution in [-0.4, -0.2) is 5.78 Å². The van der Waals surface area contributed by atoms with Gasteiger partial charge in [-0.25, -0.2) is 4.39 Å². The maximum Gasteiger partial charge on any atom is 0.189 e. The van der Waals surface area contributed by atoms with E-state index in [1.807, 2.05) is 13.8 Å². The molecule has 0 aromatic heterocycles. The molecule has 0 bridgehead atoms. The van der Waals surface area contributed by atoms with Gasteiger partial charge in [0.2, 0.25) is 0 Å². The number of allylic oxidation sites excluding steroid dienone is 1. The number of Topliss-reactive ketones (excluding diaryl/α,β-unsaturated/α-hetero) is 1. The van der Waals surface area contributed by atoms with Crippen LogP contribution in [0.2, 0.25) is 0 Å². The number of hydrogen-bond acceptors (Lipinski definition) is 1. The summed E-state index contributed by atoms with van der Waals surface area (Å²) in [5.41, 5.74) is 2.45. The van der Waals surface area contributed by atoms with Crippen LogP contribution >= 0.6 is 0 Å². The second kappa shape index (κ2) is 4.39. The molecule has 1 aliphatic carbocycles. The highest BCUT2D eigenvalue weighted by Gasteiger charge is 2.24. The van der Waals surface area contributed by atoms with Gasteiger partial charge in [0.05, 0.1) is 0 Å². The minimum absolute atomic E-state index is 0.0434. The van der Waals surface area contributed by atoms with E-state index in [2.05, 4.69) is 6.58 Å². The van der Waals surface area contributed by atoms with Crippen molar-refractivity contribution >= 4 is 5.78 Å². The zero-order valence-corrected chi connectivity index (χ0v) is 9.36. The van der Waals surface area contributed by atoms with Gasteiger partial charge in [0.25, 0.3) is 0 Å². The van der Waals surface area contributed by atoms with Crippen LogP contribution < -0.4 is 0 Å². The highest BCUT2D eigenvalue weighted by Crippen LogP contribution is 2.27. The highest BCUT2D eigenvalue weighted by atomic mass is 19.1. The van der Waals surface area contributed by atoms with Gasteiger partial charge in [-0.15, -0.1) is 0 Å². The molecule has 0 heterocycles. The van der Waals surface area contributed by atoms with Gasteiger partial charge in [-0.3, -0.25) is 4.79 Å². The smallest absolute Gasteiger partial charge is 0.189 e. The minimum atomic E-state index is -0.249. The van der Waals surface area contributed by atoms with E-state index < -0.39 is 0 Å². The number of benzene rings is 1. The van der Waals surface area contributed by atoms with Gasteiger partial charge in [-0.05, 0) is 35.8 Å². The van der Waals surface area contributed by atoms with E-state index in [1.165, 1.54) is 6.07 Å². The van der Waals surface area contributed by atoms with Crippen LogP contribution in [0.15, 0.2) is 24.3 Å². The molecule has 0 fully saturated rings. The van der Waals surface area contributed by atoms with Crippen LogP contribution in [0.3, 0.4) is 0 Å². The third-order valence-electron chi connectivity index (χ3n) is 2.35. The quantitative estimate of drug-likeness (QED) is 0.594. The molecular weight excluding hydrogens is 191 g/mol. The summed E-state index contributed by atoms with van der Waals surface area (Å²) < 4.78 is 13.1. The lowest BCUT2D eigenvalue weighted by atomic mass is 10.1. The van der Waals surface area contributed by atoms with E-state index in [1.54, 1.807) is 13.0 Å². The number of aryl methyl sites for hydroxylation is 1. The Balaban J connectivity index is 0.000000531. The SMILES string of the molecule is C=C1Cc2cc(F)c(C)cc2C1=O.CC. The molecule has 15 heavy (non-hydrogen) atoms. The van der Waals surface area contributed by atoms with E-state index in [0.717, 1.165) is 5.56 Å². The minimum Gasteiger partial charge on any atom is -0.289 e. The first-order valence-electron chi connectivity index (χ1n) is 5.11. The standard InChI is InChI=1S/C11H9FO.C2H6/c1-6-4-9-8(5-10(6)12)3-7(2)11(9)13;1-2/h4-5H,2-3H2,1H3;1-2H3. The summed E-state index contributed by atoms with van der Waals surface area (Å²) >= 11 is 0. The number of rotatable bonds is 0. The molecule has 0 amide bonds. The first-order chi connectivity index (χ1) is 7.09. The summed E-state index contributed by atoms with van der Waals surface area (Å²) in [5.74, 6) is -0.292. The fourth-order valence-electron chi connectivity index (χ4n) is 1.58. The second-order valence-electron chi connectivity index (χ2n) is 3.37. The fourth-order valence-corrected chi connectivity index (χ4v) is 1.58. The topological polar surface area (TPSA) is 17.1 Å². The predicted molar refractivity (Wildman–Crippen MR) is 59.7 cm³/mol. The van der Waals surface area contributed by atoms with Crippen LogP contribution in [0.1, 0.15) is 35.3 Å². The molecule has 1 aliphatic rings. The molecule has 0 saturated heterocycles. The van der Waals surface area contributed by atoms with Gasteiger partial charge in [0, 0.05) is 12.0 Å². The van der Waals surface area contributed by atoms with Crippen LogP contribution in [0.25, 0.3) is 0 Å². The molecule has 0 saturated carbocycles. The number of carbonyl (C=O) groups is 1. The Morgan fingerprint density at radius 2 is 1.93 bits per heavy atom. The van der Waals surface area contributed by atoms with Gasteiger partial charge < -0.3 is 0 Å². The summed E-state index contributed by atoms with van der Waals surface area (Å²) in [6, 6.07) is 3.03. The zero-order chi connectivity index (χ0) is 11.6. The number of carbonyl (C=O) groups excluding carboxylic acids is 1. The molecule has 2 heteroatoms. The summed E-state index contributed by atoms with van der Waals surface area (Å²) in [4.78, 5) is 11.4. The average molecular weight is 206 g/mol. The zero-order valence-electron chi connectivity index (χ0n) is 9.36. The van der Waals surface area contributed by atoms with Crippen molar-refractivity contribution in [1.29, 1.82) is 0 Å². The predicted octanol–water partition coefficient (Wildman–Crippen LogP) is 3.46. The number of ketones is 1. The Morgan fingerprint density at radius 3 is 2.53 bits per heavy atom. The van der Waals surface area contributed by atoms with Crippen molar-refractivity contribution < 1.29 is 9.18 Å². The maximum atomic E-state index is 13.1. The maximum absolute atomic E-state index is 13.1. The summed E-state index contributed by atoms with van der Waals surface area (Å²) in [6.45, 7) is 9.29. The average Bonchev–Trinajstić information content (AvgIpc) is 2.49. The van der Waals surface area contributed by atoms with Crippen molar-refractivity contribution in [1.82, 2.24) is 0 Å². The summed E-state index contributed by atoms with van der Waals surface area (Å²) in [7, 11) is 0. The molecule has 0 atom stereocenters. The first-order valence-corrected chi connectivity index (χ1v) is 5.11. The third kappa shape index (κ3) is 1.99. The summed E-state index contributed by atoms with van der Waals surface area (Å²) in [5, 5.41) is 0. The van der Waals surface area contributed by atoms with Crippen molar-refractivity contribution in [2.24, 2.45) is 0 Å². The van der Waals surface area contributed by atoms with E-state index in [9.17, 15) is 9.18 Å². The lowest BCUT2D eigenvalue weighted by Gasteiger charge is -1.99. The second-order valence-corrected chi connectivity index (χ2v) is 3.37. The molecule has 2 rings (SSSR count). The molecule has 0 aliphatic heterocycles. The van der Waals surface area contributed by atoms with Crippen molar-refractivity contribution in [3.63, 3.8) is 0 Å². The molecular formula is C13H15FO. The normalized spacial score (nSPS) is 13.3. The lowest BCUT2D eigenvalue weighted by Crippen LogP contribution is -1.95. The van der Waals surface area contributed by atoms with E-state index >= 15 is 0 Å². The Kier molecular flexibility index (Phi) is 3.40. The van der Waals surface area contributed by atoms with Gasteiger partial charge in [0.15, 0.2) is 5.78 Å². The molecule has 1 aromatic carbocycles. The van der Waals surface area contributed by atoms with Gasteiger partial charge >= 0.3 is 0 Å². The molecule has 80 valence electrons. The monoisotopic (exact) mass is 206 g/mol. The molecule has 1 nitrogen and oxygen atoms in total. The van der Waals surface area contributed by atoms with Crippen LogP contribution in [0.4, 0.5) is 4.39 Å². The van der Waals surface area contributed by atoms with Crippen LogP contribution in [0.5, 0.6) is 0 Å². The number of halogens is 1. The molecule has 0 radical (unpaired) electrons. The lowest BCUT2D eigenvalue weighted by molar-refractivity contribution is 0.104. The highest BCUT2D eigenvalue weighted by molar-refractivity contribution is 6.12. The number of hydrogen-bond donors (Lipinski definition) is 0. The van der Waals surface area contributed by atoms with E-state index in [-0.39, 0.29) is 11.6 Å². The van der Waals surface area contributed by atoms with E-state index in [4.69, 9.17) is 0 Å². The van der Waals surface area contributed by atoms with Crippen molar-refractivity contribution in [2.45, 2.75) is 27.2 Å². The fraction of sp³-hybridized carbons (Fsp3) is 0.308. The van der Waals surface area contributed by atoms with Gasteiger partial charge in [-0.1, -0.05) is 20.4 Å². The molecule has 0 unspecified atom stereocenters. The largest absolute Gasteiger partial charge is 0.289 e. The summed E-state index contributed by atoms with van der Waals surface area (Å²) in [6.07, 6.45) is 0.491. The number of fused-ring (bicyclic) bond motifs is 1. The van der Waals surface area contributed by atoms with Crippen molar-refractivity contribution in [3.05, 3.63) is 46.8 Å². The third-order valence-corrected chi connectivity index (χ3v) is 2.35. The van der Waals surface area contributed by atoms with Gasteiger partial charge in [-0.2, -0.15) is 0 Å². The van der Waals surface area contributed by atoms with Crippen molar-refractivity contribution in [3.8, 4) is 0 Å². The Morgan fingerprint density at radius 1 is 1.33 bits per heavy atom. The molecule has 0 N–H and O–H groups in total. The van der Waals surface area contributed by atoms with E-state index in [0.29, 0.717) is 23.1 Å². The first kappa shape index (κ1) is 11.6. The molecule has 0 spiro atoms. The molecule has 1 aromatic rings. The van der Waals surface area contributed by atoms with Crippen LogP contribution in [0, 0.1) is 12.7 Å².